The average molecular weight is 281 g/mol. The highest BCUT2D eigenvalue weighted by molar-refractivity contribution is 7.10. The summed E-state index contributed by atoms with van der Waals surface area (Å²) in [5.41, 5.74) is 5.63. The Morgan fingerprint density at radius 3 is 2.95 bits per heavy atom. The first-order valence-electron chi connectivity index (χ1n) is 6.28. The molecule has 2 amide bonds. The van der Waals surface area contributed by atoms with E-state index in [-0.39, 0.29) is 12.5 Å². The Labute approximate surface area is 116 Å². The van der Waals surface area contributed by atoms with Crippen molar-refractivity contribution in [1.82, 2.24) is 10.2 Å². The second-order valence-corrected chi connectivity index (χ2v) is 6.28. The molecule has 0 bridgehead atoms. The lowest BCUT2D eigenvalue weighted by Gasteiger charge is -2.29. The molecule has 3 N–H and O–H groups in total. The van der Waals surface area contributed by atoms with Crippen molar-refractivity contribution in [3.8, 4) is 0 Å². The molecule has 5 nitrogen and oxygen atoms in total. The summed E-state index contributed by atoms with van der Waals surface area (Å²) in [5.74, 6) is -0.453. The van der Waals surface area contributed by atoms with Gasteiger partial charge in [-0.15, -0.1) is 11.3 Å². The van der Waals surface area contributed by atoms with Gasteiger partial charge in [0.2, 0.25) is 11.8 Å². The summed E-state index contributed by atoms with van der Waals surface area (Å²) < 4.78 is 0. The summed E-state index contributed by atoms with van der Waals surface area (Å²) in [7, 11) is 0. The van der Waals surface area contributed by atoms with Gasteiger partial charge in [0.25, 0.3) is 0 Å². The van der Waals surface area contributed by atoms with E-state index in [1.54, 1.807) is 25.2 Å². The van der Waals surface area contributed by atoms with Crippen molar-refractivity contribution in [2.45, 2.75) is 32.4 Å². The van der Waals surface area contributed by atoms with Gasteiger partial charge in [0.1, 0.15) is 0 Å². The topological polar surface area (TPSA) is 75.4 Å². The molecule has 104 valence electrons. The fourth-order valence-electron chi connectivity index (χ4n) is 1.96. The van der Waals surface area contributed by atoms with Crippen LogP contribution in [0.2, 0.25) is 0 Å². The van der Waals surface area contributed by atoms with Gasteiger partial charge in [-0.05, 0) is 37.3 Å². The molecular weight excluding hydrogens is 262 g/mol. The van der Waals surface area contributed by atoms with Crippen LogP contribution in [0.4, 0.5) is 0 Å². The van der Waals surface area contributed by atoms with Crippen LogP contribution in [0, 0.1) is 0 Å². The van der Waals surface area contributed by atoms with E-state index in [0.717, 1.165) is 13.0 Å². The van der Waals surface area contributed by atoms with Gasteiger partial charge in [0, 0.05) is 18.0 Å². The zero-order chi connectivity index (χ0) is 14.0. The summed E-state index contributed by atoms with van der Waals surface area (Å²) in [4.78, 5) is 26.5. The van der Waals surface area contributed by atoms with Gasteiger partial charge in [-0.25, -0.2) is 0 Å². The van der Waals surface area contributed by atoms with Crippen LogP contribution >= 0.6 is 11.3 Å². The van der Waals surface area contributed by atoms with Crippen LogP contribution in [-0.2, 0) is 22.6 Å². The van der Waals surface area contributed by atoms with E-state index < -0.39 is 11.4 Å². The fraction of sp³-hybridized carbons (Fsp3) is 0.538. The Morgan fingerprint density at radius 2 is 2.26 bits per heavy atom. The van der Waals surface area contributed by atoms with E-state index in [1.807, 2.05) is 4.90 Å². The predicted molar refractivity (Wildman–Crippen MR) is 74.7 cm³/mol. The van der Waals surface area contributed by atoms with E-state index >= 15 is 0 Å². The van der Waals surface area contributed by atoms with E-state index in [0.29, 0.717) is 6.54 Å². The minimum atomic E-state index is -0.862. The highest BCUT2D eigenvalue weighted by Crippen LogP contribution is 2.23. The summed E-state index contributed by atoms with van der Waals surface area (Å²) in [6.45, 7) is 4.89. The summed E-state index contributed by atoms with van der Waals surface area (Å²) in [5, 5.41) is 4.97. The first-order chi connectivity index (χ1) is 8.90. The predicted octanol–water partition coefficient (Wildman–Crippen LogP) is 0.486. The van der Waals surface area contributed by atoms with Crippen molar-refractivity contribution in [3.05, 3.63) is 21.9 Å². The Morgan fingerprint density at radius 1 is 1.53 bits per heavy atom. The lowest BCUT2D eigenvalue weighted by molar-refractivity contribution is -0.132. The zero-order valence-electron chi connectivity index (χ0n) is 11.2. The molecule has 19 heavy (non-hydrogen) atoms. The van der Waals surface area contributed by atoms with E-state index in [4.69, 9.17) is 5.73 Å². The minimum absolute atomic E-state index is 0.00572. The van der Waals surface area contributed by atoms with Gasteiger partial charge < -0.3 is 10.6 Å². The molecule has 1 aromatic rings. The lowest BCUT2D eigenvalue weighted by Crippen LogP contribution is -2.54. The number of carbonyl (C=O) groups is 2. The average Bonchev–Trinajstić information content (AvgIpc) is 2.82. The van der Waals surface area contributed by atoms with E-state index in [9.17, 15) is 9.59 Å². The molecule has 0 aliphatic carbocycles. The molecule has 0 radical (unpaired) electrons. The number of thiophene rings is 1. The van der Waals surface area contributed by atoms with Crippen molar-refractivity contribution in [2.24, 2.45) is 5.73 Å². The molecule has 0 spiro atoms. The third kappa shape index (κ3) is 3.13. The third-order valence-electron chi connectivity index (χ3n) is 3.46. The van der Waals surface area contributed by atoms with Crippen LogP contribution in [0.25, 0.3) is 0 Å². The molecule has 0 unspecified atom stereocenters. The van der Waals surface area contributed by atoms with Crippen molar-refractivity contribution < 1.29 is 9.59 Å². The molecule has 0 atom stereocenters. The lowest BCUT2D eigenvalue weighted by atomic mass is 10.1. The smallest absolute Gasteiger partial charge is 0.237 e. The van der Waals surface area contributed by atoms with Crippen molar-refractivity contribution in [3.63, 3.8) is 0 Å². The molecule has 2 heterocycles. The molecule has 2 rings (SSSR count). The van der Waals surface area contributed by atoms with Crippen LogP contribution < -0.4 is 11.1 Å². The number of nitrogens with zero attached hydrogens (tertiary/aromatic N) is 1. The number of amides is 2. The Hall–Kier alpha value is -1.40. The third-order valence-corrected chi connectivity index (χ3v) is 4.48. The van der Waals surface area contributed by atoms with E-state index in [1.165, 1.54) is 10.4 Å². The molecule has 0 saturated heterocycles. The molecule has 0 aromatic carbocycles. The van der Waals surface area contributed by atoms with Crippen molar-refractivity contribution in [2.75, 3.05) is 13.1 Å². The maximum Gasteiger partial charge on any atom is 0.237 e. The van der Waals surface area contributed by atoms with Gasteiger partial charge in [-0.1, -0.05) is 0 Å². The van der Waals surface area contributed by atoms with E-state index in [2.05, 4.69) is 16.8 Å². The Balaban J connectivity index is 1.90. The number of hydrogen-bond donors (Lipinski definition) is 2. The number of nitrogens with two attached hydrogens (primary N) is 1. The van der Waals surface area contributed by atoms with Gasteiger partial charge >= 0.3 is 0 Å². The maximum atomic E-state index is 12.1. The number of rotatable bonds is 4. The quantitative estimate of drug-likeness (QED) is 0.843. The standard InChI is InChI=1S/C13H19N3O2S/c1-13(2,12(14)18)15-7-11(17)16-5-3-10-9(8-16)4-6-19-10/h4,6,15H,3,5,7-8H2,1-2H3,(H2,14,18). The second-order valence-electron chi connectivity index (χ2n) is 5.28. The maximum absolute atomic E-state index is 12.1. The van der Waals surface area contributed by atoms with Crippen molar-refractivity contribution >= 4 is 23.2 Å². The van der Waals surface area contributed by atoms with Gasteiger partial charge in [-0.3, -0.25) is 14.9 Å². The highest BCUT2D eigenvalue weighted by Gasteiger charge is 2.27. The normalized spacial score (nSPS) is 15.2. The second kappa shape index (κ2) is 5.30. The van der Waals surface area contributed by atoms with Gasteiger partial charge in [0.05, 0.1) is 12.1 Å². The molecule has 0 fully saturated rings. The molecule has 1 aromatic heterocycles. The van der Waals surface area contributed by atoms with Crippen LogP contribution in [0.5, 0.6) is 0 Å². The Bertz CT molecular complexity index is 496. The highest BCUT2D eigenvalue weighted by atomic mass is 32.1. The van der Waals surface area contributed by atoms with Crippen LogP contribution in [0.15, 0.2) is 11.4 Å². The van der Waals surface area contributed by atoms with Gasteiger partial charge in [0.15, 0.2) is 0 Å². The number of fused-ring (bicyclic) bond motifs is 1. The van der Waals surface area contributed by atoms with Crippen molar-refractivity contribution in [1.29, 1.82) is 0 Å². The Kier molecular flexibility index (Phi) is 3.91. The SMILES string of the molecule is CC(C)(NCC(=O)N1CCc2sccc2C1)C(N)=O. The molecule has 0 saturated carbocycles. The number of primary amides is 1. The summed E-state index contributed by atoms with van der Waals surface area (Å²) >= 11 is 1.75. The van der Waals surface area contributed by atoms with Crippen LogP contribution in [0.3, 0.4) is 0 Å². The molecular formula is C13H19N3O2S. The fourth-order valence-corrected chi connectivity index (χ4v) is 2.85. The first kappa shape index (κ1) is 14.0. The van der Waals surface area contributed by atoms with Gasteiger partial charge in [-0.2, -0.15) is 0 Å². The monoisotopic (exact) mass is 281 g/mol. The number of carbonyl (C=O) groups excluding carboxylic acids is 2. The number of hydrogen-bond acceptors (Lipinski definition) is 4. The largest absolute Gasteiger partial charge is 0.368 e. The molecule has 6 heteroatoms. The summed E-state index contributed by atoms with van der Waals surface area (Å²) in [6, 6.07) is 2.07. The summed E-state index contributed by atoms with van der Waals surface area (Å²) in [6.07, 6.45) is 0.915. The zero-order valence-corrected chi connectivity index (χ0v) is 12.0. The molecule has 1 aliphatic rings. The first-order valence-corrected chi connectivity index (χ1v) is 7.16. The minimum Gasteiger partial charge on any atom is -0.368 e. The van der Waals surface area contributed by atoms with Crippen LogP contribution in [-0.4, -0.2) is 35.3 Å². The molecule has 1 aliphatic heterocycles. The number of nitrogens with one attached hydrogen (secondary N) is 1. The van der Waals surface area contributed by atoms with Crippen LogP contribution in [0.1, 0.15) is 24.3 Å².